The van der Waals surface area contributed by atoms with Crippen LogP contribution in [-0.2, 0) is 13.0 Å². The molecule has 0 unspecified atom stereocenters. The fourth-order valence-corrected chi connectivity index (χ4v) is 2.92. The fraction of sp³-hybridized carbons (Fsp3) is 0.714. The number of carboxylic acid groups (broad SMARTS) is 1. The largest absolute Gasteiger partial charge is 0.477 e. The molecule has 0 saturated heterocycles. The minimum absolute atomic E-state index is 0.423. The molecule has 1 rings (SSSR count). The molecule has 1 heterocycles. The van der Waals surface area contributed by atoms with Gasteiger partial charge in [0.05, 0.1) is 12.2 Å². The molecule has 0 aromatic carbocycles. The molecule has 4 nitrogen and oxygen atoms in total. The molecule has 1 aromatic heterocycles. The quantitative estimate of drug-likeness (QED) is 0.755. The van der Waals surface area contributed by atoms with Crippen LogP contribution in [0.1, 0.15) is 59.9 Å². The Hall–Kier alpha value is -0.940. The van der Waals surface area contributed by atoms with Gasteiger partial charge in [0.15, 0.2) is 0 Å². The number of hydrogen-bond acceptors (Lipinski definition) is 4. The van der Waals surface area contributed by atoms with E-state index in [1.807, 2.05) is 0 Å². The third-order valence-electron chi connectivity index (χ3n) is 3.00. The van der Waals surface area contributed by atoms with E-state index in [-0.39, 0.29) is 0 Å². The van der Waals surface area contributed by atoms with Crippen molar-refractivity contribution >= 4 is 17.3 Å². The number of unbranched alkanes of at least 4 members (excludes halogenated alkanes) is 2. The minimum Gasteiger partial charge on any atom is -0.477 e. The number of rotatable bonds is 9. The second-order valence-corrected chi connectivity index (χ2v) is 5.97. The summed E-state index contributed by atoms with van der Waals surface area (Å²) in [6.45, 7) is 6.05. The summed E-state index contributed by atoms with van der Waals surface area (Å²) in [5, 5.41) is 10.1. The average molecular weight is 284 g/mol. The van der Waals surface area contributed by atoms with E-state index >= 15 is 0 Å². The molecule has 0 bridgehead atoms. The summed E-state index contributed by atoms with van der Waals surface area (Å²) in [5.41, 5.74) is 0.762. The van der Waals surface area contributed by atoms with Crippen LogP contribution in [0.25, 0.3) is 0 Å². The van der Waals surface area contributed by atoms with Gasteiger partial charge in [0.2, 0.25) is 0 Å². The number of hydrogen-bond donors (Lipinski definition) is 1. The van der Waals surface area contributed by atoms with Gasteiger partial charge in [-0.1, -0.05) is 26.7 Å². The number of thiazole rings is 1. The van der Waals surface area contributed by atoms with E-state index in [0.717, 1.165) is 49.5 Å². The van der Waals surface area contributed by atoms with Gasteiger partial charge in [0.25, 0.3) is 0 Å². The smallest absolute Gasteiger partial charge is 0.347 e. The molecule has 0 aliphatic heterocycles. The van der Waals surface area contributed by atoms with Gasteiger partial charge in [-0.2, -0.15) is 0 Å². The molecule has 0 aliphatic rings. The second-order valence-electron chi connectivity index (χ2n) is 4.88. The van der Waals surface area contributed by atoms with Crippen molar-refractivity contribution in [3.05, 3.63) is 15.6 Å². The van der Waals surface area contributed by atoms with Gasteiger partial charge in [-0.15, -0.1) is 11.3 Å². The Bertz CT molecular complexity index is 404. The van der Waals surface area contributed by atoms with E-state index in [9.17, 15) is 9.90 Å². The van der Waals surface area contributed by atoms with E-state index < -0.39 is 5.97 Å². The van der Waals surface area contributed by atoms with Gasteiger partial charge < -0.3 is 5.11 Å². The molecule has 5 heteroatoms. The van der Waals surface area contributed by atoms with Crippen molar-refractivity contribution < 1.29 is 9.90 Å². The maximum atomic E-state index is 11.2. The number of aromatic nitrogens is 1. The summed E-state index contributed by atoms with van der Waals surface area (Å²) in [6.07, 6.45) is 5.16. The molecule has 1 aromatic rings. The maximum absolute atomic E-state index is 11.2. The first kappa shape index (κ1) is 16.1. The van der Waals surface area contributed by atoms with Gasteiger partial charge in [-0.3, -0.25) is 4.90 Å². The Morgan fingerprint density at radius 1 is 1.32 bits per heavy atom. The van der Waals surface area contributed by atoms with Crippen molar-refractivity contribution in [2.45, 2.75) is 52.5 Å². The summed E-state index contributed by atoms with van der Waals surface area (Å²) in [7, 11) is 2.06. The monoisotopic (exact) mass is 284 g/mol. The van der Waals surface area contributed by atoms with E-state index in [0.29, 0.717) is 4.88 Å². The van der Waals surface area contributed by atoms with Crippen molar-refractivity contribution in [3.8, 4) is 0 Å². The maximum Gasteiger partial charge on any atom is 0.347 e. The molecule has 108 valence electrons. The third kappa shape index (κ3) is 5.28. The van der Waals surface area contributed by atoms with E-state index in [1.165, 1.54) is 17.8 Å². The van der Waals surface area contributed by atoms with Crippen LogP contribution in [0, 0.1) is 0 Å². The normalized spacial score (nSPS) is 11.2. The Morgan fingerprint density at radius 3 is 2.58 bits per heavy atom. The summed E-state index contributed by atoms with van der Waals surface area (Å²) in [6, 6.07) is 0. The topological polar surface area (TPSA) is 53.4 Å². The van der Waals surface area contributed by atoms with E-state index in [1.54, 1.807) is 0 Å². The van der Waals surface area contributed by atoms with E-state index in [4.69, 9.17) is 0 Å². The van der Waals surface area contributed by atoms with Crippen molar-refractivity contribution in [2.24, 2.45) is 0 Å². The van der Waals surface area contributed by atoms with Crippen LogP contribution in [0.15, 0.2) is 0 Å². The van der Waals surface area contributed by atoms with Crippen molar-refractivity contribution in [3.63, 3.8) is 0 Å². The Kier molecular flexibility index (Phi) is 7.02. The molecule has 0 atom stereocenters. The van der Waals surface area contributed by atoms with Gasteiger partial charge in [0.1, 0.15) is 9.88 Å². The first-order chi connectivity index (χ1) is 9.08. The van der Waals surface area contributed by atoms with E-state index in [2.05, 4.69) is 30.8 Å². The minimum atomic E-state index is -0.842. The molecule has 0 saturated carbocycles. The van der Waals surface area contributed by atoms with Crippen LogP contribution in [0.3, 0.4) is 0 Å². The van der Waals surface area contributed by atoms with Crippen LogP contribution >= 0.6 is 11.3 Å². The van der Waals surface area contributed by atoms with Gasteiger partial charge in [-0.05, 0) is 32.9 Å². The highest BCUT2D eigenvalue weighted by atomic mass is 32.1. The summed E-state index contributed by atoms with van der Waals surface area (Å²) < 4.78 is 0. The van der Waals surface area contributed by atoms with Crippen molar-refractivity contribution in [1.29, 1.82) is 0 Å². The van der Waals surface area contributed by atoms with Crippen LogP contribution < -0.4 is 0 Å². The lowest BCUT2D eigenvalue weighted by Gasteiger charge is -2.13. The zero-order valence-electron chi connectivity index (χ0n) is 12.1. The molecule has 0 fully saturated rings. The SMILES string of the molecule is CCCCc1nc(CN(C)CCCC)sc1C(=O)O. The third-order valence-corrected chi connectivity index (χ3v) is 4.07. The molecule has 0 amide bonds. The summed E-state index contributed by atoms with van der Waals surface area (Å²) >= 11 is 1.33. The zero-order chi connectivity index (χ0) is 14.3. The number of carbonyl (C=O) groups is 1. The molecule has 1 N–H and O–H groups in total. The van der Waals surface area contributed by atoms with Crippen molar-refractivity contribution in [1.82, 2.24) is 9.88 Å². The van der Waals surface area contributed by atoms with Crippen molar-refractivity contribution in [2.75, 3.05) is 13.6 Å². The van der Waals surface area contributed by atoms with Crippen LogP contribution in [0.5, 0.6) is 0 Å². The van der Waals surface area contributed by atoms with Crippen LogP contribution in [-0.4, -0.2) is 34.6 Å². The highest BCUT2D eigenvalue weighted by molar-refractivity contribution is 7.13. The van der Waals surface area contributed by atoms with Gasteiger partial charge >= 0.3 is 5.97 Å². The number of aryl methyl sites for hydroxylation is 1. The lowest BCUT2D eigenvalue weighted by molar-refractivity contribution is 0.0700. The van der Waals surface area contributed by atoms with Gasteiger partial charge in [-0.25, -0.2) is 9.78 Å². The van der Waals surface area contributed by atoms with Crippen LogP contribution in [0.2, 0.25) is 0 Å². The molecular weight excluding hydrogens is 260 g/mol. The predicted molar refractivity (Wildman–Crippen MR) is 78.9 cm³/mol. The number of nitrogens with zero attached hydrogens (tertiary/aromatic N) is 2. The fourth-order valence-electron chi connectivity index (χ4n) is 1.89. The summed E-state index contributed by atoms with van der Waals surface area (Å²) in [4.78, 5) is 18.4. The highest BCUT2D eigenvalue weighted by Gasteiger charge is 2.17. The zero-order valence-corrected chi connectivity index (χ0v) is 12.9. The molecule has 0 radical (unpaired) electrons. The Balaban J connectivity index is 2.71. The molecular formula is C14H24N2O2S. The lowest BCUT2D eigenvalue weighted by atomic mass is 10.2. The number of carboxylic acids is 1. The lowest BCUT2D eigenvalue weighted by Crippen LogP contribution is -2.18. The molecule has 0 spiro atoms. The average Bonchev–Trinajstić information content (AvgIpc) is 2.77. The predicted octanol–water partition coefficient (Wildman–Crippen LogP) is 3.42. The van der Waals surface area contributed by atoms with Gasteiger partial charge in [0, 0.05) is 0 Å². The summed E-state index contributed by atoms with van der Waals surface area (Å²) in [5.74, 6) is -0.842. The van der Waals surface area contributed by atoms with Crippen LogP contribution in [0.4, 0.5) is 0 Å². The Morgan fingerprint density at radius 2 is 2.00 bits per heavy atom. The molecule has 19 heavy (non-hydrogen) atoms. The molecule has 0 aliphatic carbocycles. The number of aromatic carboxylic acids is 1. The highest BCUT2D eigenvalue weighted by Crippen LogP contribution is 2.21. The first-order valence-corrected chi connectivity index (χ1v) is 7.80. The second kappa shape index (κ2) is 8.27. The first-order valence-electron chi connectivity index (χ1n) is 6.98. The Labute approximate surface area is 119 Å². The standard InChI is InChI=1S/C14H24N2O2S/c1-4-6-8-11-13(14(17)18)19-12(15-11)10-16(3)9-7-5-2/h4-10H2,1-3H3,(H,17,18).